The quantitative estimate of drug-likeness (QED) is 0.596. The molecule has 5 nitrogen and oxygen atoms in total. The van der Waals surface area contributed by atoms with Crippen molar-refractivity contribution in [3.8, 4) is 0 Å². The summed E-state index contributed by atoms with van der Waals surface area (Å²) in [5.41, 5.74) is 0. The molecule has 0 spiro atoms. The molecular formula is C16H30O5V. The molecule has 129 valence electrons. The second-order valence-corrected chi connectivity index (χ2v) is 5.13. The molecule has 0 fully saturated rings. The third-order valence-electron chi connectivity index (χ3n) is 3.46. The van der Waals surface area contributed by atoms with Crippen molar-refractivity contribution in [3.05, 3.63) is 0 Å². The average Bonchev–Trinajstić information content (AvgIpc) is 2.51. The second-order valence-electron chi connectivity index (χ2n) is 5.13. The molecular weight excluding hydrogens is 323 g/mol. The van der Waals surface area contributed by atoms with Crippen molar-refractivity contribution in [2.24, 2.45) is 11.8 Å². The van der Waals surface area contributed by atoms with Gasteiger partial charge in [0.2, 0.25) is 0 Å². The molecule has 0 aromatic carbocycles. The number of carboxylic acids is 2. The SMILES string of the molecule is CCCCC(CC)C(=O)[O-].CCCCC(CC)C(=O)[O-].[O]=[V+2]. The average molecular weight is 353 g/mol. The fourth-order valence-electron chi connectivity index (χ4n) is 1.88. The molecule has 0 amide bonds. The molecule has 0 aliphatic heterocycles. The van der Waals surface area contributed by atoms with Gasteiger partial charge in [-0.3, -0.25) is 0 Å². The van der Waals surface area contributed by atoms with Crippen LogP contribution >= 0.6 is 0 Å². The summed E-state index contributed by atoms with van der Waals surface area (Å²) >= 11 is 1.06. The van der Waals surface area contributed by atoms with E-state index in [2.05, 4.69) is 13.8 Å². The van der Waals surface area contributed by atoms with E-state index in [4.69, 9.17) is 3.67 Å². The van der Waals surface area contributed by atoms with Crippen molar-refractivity contribution in [3.63, 3.8) is 0 Å². The monoisotopic (exact) mass is 353 g/mol. The Kier molecular flexibility index (Phi) is 24.2. The van der Waals surface area contributed by atoms with Crippen LogP contribution in [0.15, 0.2) is 0 Å². The fourth-order valence-corrected chi connectivity index (χ4v) is 1.88. The Morgan fingerprint density at radius 3 is 1.18 bits per heavy atom. The number of carbonyl (C=O) groups excluding carboxylic acids is 2. The number of unbranched alkanes of at least 4 members (excludes halogenated alkanes) is 2. The molecule has 0 aliphatic rings. The summed E-state index contributed by atoms with van der Waals surface area (Å²) in [5, 5.41) is 20.7. The number of carboxylic acid groups (broad SMARTS) is 2. The van der Waals surface area contributed by atoms with E-state index in [9.17, 15) is 19.8 Å². The molecule has 0 saturated carbocycles. The van der Waals surface area contributed by atoms with Crippen molar-refractivity contribution in [2.75, 3.05) is 0 Å². The van der Waals surface area contributed by atoms with Gasteiger partial charge in [-0.05, 0) is 37.5 Å². The molecule has 0 bridgehead atoms. The van der Waals surface area contributed by atoms with Gasteiger partial charge in [0.1, 0.15) is 0 Å². The normalized spacial score (nSPS) is 12.1. The molecule has 2 atom stereocenters. The Bertz CT molecular complexity index is 245. The number of hydrogen-bond donors (Lipinski definition) is 0. The van der Waals surface area contributed by atoms with Crippen LogP contribution in [-0.4, -0.2) is 11.9 Å². The van der Waals surface area contributed by atoms with Gasteiger partial charge in [-0.25, -0.2) is 0 Å². The van der Waals surface area contributed by atoms with Crippen molar-refractivity contribution >= 4 is 11.9 Å². The summed E-state index contributed by atoms with van der Waals surface area (Å²) < 4.78 is 8.19. The van der Waals surface area contributed by atoms with Crippen LogP contribution in [0.1, 0.15) is 79.1 Å². The first-order valence-electron chi connectivity index (χ1n) is 8.04. The topological polar surface area (TPSA) is 97.3 Å². The van der Waals surface area contributed by atoms with Crippen LogP contribution < -0.4 is 10.2 Å². The van der Waals surface area contributed by atoms with Gasteiger partial charge >= 0.3 is 21.0 Å². The molecule has 0 N–H and O–H groups in total. The van der Waals surface area contributed by atoms with Gasteiger partial charge in [-0.15, -0.1) is 0 Å². The molecule has 22 heavy (non-hydrogen) atoms. The van der Waals surface area contributed by atoms with Gasteiger partial charge in [0, 0.05) is 11.9 Å². The van der Waals surface area contributed by atoms with Crippen molar-refractivity contribution < 1.29 is 40.8 Å². The molecule has 0 aromatic rings. The molecule has 2 unspecified atom stereocenters. The maximum absolute atomic E-state index is 10.3. The molecule has 0 aliphatic carbocycles. The first-order valence-corrected chi connectivity index (χ1v) is 8.61. The van der Waals surface area contributed by atoms with Gasteiger partial charge in [0.05, 0.1) is 0 Å². The number of hydrogen-bond acceptors (Lipinski definition) is 5. The van der Waals surface area contributed by atoms with Crippen LogP contribution in [-0.2, 0) is 30.6 Å². The Hall–Kier alpha value is -0.676. The summed E-state index contributed by atoms with van der Waals surface area (Å²) in [4.78, 5) is 20.7. The number of aliphatic carboxylic acids is 2. The van der Waals surface area contributed by atoms with Crippen LogP contribution in [0.2, 0.25) is 0 Å². The van der Waals surface area contributed by atoms with Gasteiger partial charge in [0.25, 0.3) is 0 Å². The molecule has 0 rings (SSSR count). The minimum atomic E-state index is -0.893. The summed E-state index contributed by atoms with van der Waals surface area (Å²) in [7, 11) is 0. The predicted molar refractivity (Wildman–Crippen MR) is 77.3 cm³/mol. The van der Waals surface area contributed by atoms with E-state index in [-0.39, 0.29) is 11.8 Å². The van der Waals surface area contributed by atoms with Crippen LogP contribution in [0.5, 0.6) is 0 Å². The molecule has 0 heterocycles. The van der Waals surface area contributed by atoms with E-state index >= 15 is 0 Å². The molecule has 0 radical (unpaired) electrons. The van der Waals surface area contributed by atoms with Crippen LogP contribution in [0, 0.1) is 11.8 Å². The second kappa shape index (κ2) is 20.3. The maximum atomic E-state index is 10.3. The Labute approximate surface area is 144 Å². The first-order chi connectivity index (χ1) is 10.4. The standard InChI is InChI=1S/2C8H16O2.O.V/c2*1-3-5-6-7(4-2)8(9)10;;/h2*7H,3-6H2,1-2H3,(H,9,10);;/q;;;+2/p-2. The van der Waals surface area contributed by atoms with Gasteiger partial charge in [-0.2, -0.15) is 0 Å². The first kappa shape index (κ1) is 26.2. The van der Waals surface area contributed by atoms with Crippen LogP contribution in [0.4, 0.5) is 0 Å². The Morgan fingerprint density at radius 2 is 1.05 bits per heavy atom. The van der Waals surface area contributed by atoms with Crippen molar-refractivity contribution in [2.45, 2.75) is 79.1 Å². The minimum absolute atomic E-state index is 0.222. The van der Waals surface area contributed by atoms with E-state index in [0.29, 0.717) is 12.8 Å². The molecule has 0 aromatic heterocycles. The van der Waals surface area contributed by atoms with E-state index in [1.165, 1.54) is 0 Å². The number of rotatable bonds is 10. The van der Waals surface area contributed by atoms with Crippen molar-refractivity contribution in [1.82, 2.24) is 0 Å². The van der Waals surface area contributed by atoms with Gasteiger partial charge in [-0.1, -0.05) is 53.4 Å². The molecule has 6 heteroatoms. The van der Waals surface area contributed by atoms with Gasteiger partial charge < -0.3 is 19.8 Å². The summed E-state index contributed by atoms with van der Waals surface area (Å²) in [6.45, 7) is 7.89. The Morgan fingerprint density at radius 1 is 0.773 bits per heavy atom. The third kappa shape index (κ3) is 17.4. The van der Waals surface area contributed by atoms with E-state index in [1.807, 2.05) is 13.8 Å². The third-order valence-corrected chi connectivity index (χ3v) is 3.46. The van der Waals surface area contributed by atoms with Gasteiger partial charge in [0.15, 0.2) is 0 Å². The zero-order chi connectivity index (χ0) is 18.0. The summed E-state index contributed by atoms with van der Waals surface area (Å²) in [6.07, 6.45) is 7.04. The van der Waals surface area contributed by atoms with E-state index in [0.717, 1.165) is 55.9 Å². The zero-order valence-corrected chi connectivity index (χ0v) is 15.7. The van der Waals surface area contributed by atoms with E-state index in [1.54, 1.807) is 0 Å². The predicted octanol–water partition coefficient (Wildman–Crippen LogP) is 1.78. The van der Waals surface area contributed by atoms with Crippen molar-refractivity contribution in [1.29, 1.82) is 0 Å². The zero-order valence-electron chi connectivity index (χ0n) is 14.3. The van der Waals surface area contributed by atoms with Crippen LogP contribution in [0.3, 0.4) is 0 Å². The molecule has 0 saturated heterocycles. The number of carbonyl (C=O) groups is 2. The van der Waals surface area contributed by atoms with E-state index < -0.39 is 11.9 Å². The summed E-state index contributed by atoms with van der Waals surface area (Å²) in [5.74, 6) is -2.23. The Balaban J connectivity index is -0.000000294. The van der Waals surface area contributed by atoms with Crippen LogP contribution in [0.25, 0.3) is 0 Å². The summed E-state index contributed by atoms with van der Waals surface area (Å²) in [6, 6.07) is 0. The fraction of sp³-hybridized carbons (Fsp3) is 0.875.